The summed E-state index contributed by atoms with van der Waals surface area (Å²) in [5.41, 5.74) is 2.94. The Balaban J connectivity index is 1.30. The Hall–Kier alpha value is -3.32. The van der Waals surface area contributed by atoms with Crippen LogP contribution in [0.15, 0.2) is 74.8 Å². The zero-order chi connectivity index (χ0) is 19.8. The molecular weight excluding hydrogens is 386 g/mol. The van der Waals surface area contributed by atoms with Gasteiger partial charge in [-0.3, -0.25) is 4.79 Å². The molecule has 29 heavy (non-hydrogen) atoms. The minimum Gasteiger partial charge on any atom is -0.459 e. The summed E-state index contributed by atoms with van der Waals surface area (Å²) >= 11 is 1.33. The molecule has 5 rings (SSSR count). The Kier molecular flexibility index (Phi) is 4.44. The van der Waals surface area contributed by atoms with Gasteiger partial charge in [0.05, 0.1) is 11.8 Å². The number of carbonyl (C=O) groups excluding carboxylic acids is 1. The Morgan fingerprint density at radius 1 is 1.07 bits per heavy atom. The number of carbonyl (C=O) groups is 1. The van der Waals surface area contributed by atoms with Gasteiger partial charge in [-0.1, -0.05) is 42.1 Å². The standard InChI is InChI=1S/C22H17N3O3S/c1-13(18-10-14-6-2-4-8-16(14)27-18)25-19(26)11-29-22-21-20(23-12-24-22)15-7-3-5-9-17(15)28-21/h2-10,12-13H,11H2,1H3,(H,25,26)/t13-/m1/s1. The lowest BCUT2D eigenvalue weighted by Crippen LogP contribution is -2.27. The summed E-state index contributed by atoms with van der Waals surface area (Å²) < 4.78 is 11.7. The van der Waals surface area contributed by atoms with Crippen molar-refractivity contribution in [3.8, 4) is 0 Å². The smallest absolute Gasteiger partial charge is 0.231 e. The van der Waals surface area contributed by atoms with E-state index in [2.05, 4.69) is 15.3 Å². The van der Waals surface area contributed by atoms with Crippen LogP contribution in [-0.2, 0) is 4.79 Å². The molecule has 0 spiro atoms. The molecule has 3 aromatic heterocycles. The van der Waals surface area contributed by atoms with Crippen molar-refractivity contribution in [3.63, 3.8) is 0 Å². The predicted octanol–water partition coefficient (Wildman–Crippen LogP) is 5.09. The third-order valence-corrected chi connectivity index (χ3v) is 5.68. The summed E-state index contributed by atoms with van der Waals surface area (Å²) in [4.78, 5) is 21.1. The number of fused-ring (bicyclic) bond motifs is 4. The second-order valence-electron chi connectivity index (χ2n) is 6.72. The monoisotopic (exact) mass is 403 g/mol. The molecule has 0 aliphatic heterocycles. The van der Waals surface area contributed by atoms with Gasteiger partial charge in [0.1, 0.15) is 33.8 Å². The first-order valence-electron chi connectivity index (χ1n) is 9.22. The number of thioether (sulfide) groups is 1. The van der Waals surface area contributed by atoms with Gasteiger partial charge in [0.25, 0.3) is 0 Å². The minimum absolute atomic E-state index is 0.106. The Labute approximate surface area is 170 Å². The first-order chi connectivity index (χ1) is 14.2. The van der Waals surface area contributed by atoms with E-state index in [4.69, 9.17) is 8.83 Å². The van der Waals surface area contributed by atoms with Crippen LogP contribution >= 0.6 is 11.8 Å². The number of furan rings is 2. The number of hydrogen-bond acceptors (Lipinski definition) is 6. The number of aromatic nitrogens is 2. The largest absolute Gasteiger partial charge is 0.459 e. The molecule has 0 aliphatic rings. The number of amides is 1. The zero-order valence-corrected chi connectivity index (χ0v) is 16.4. The molecule has 0 fully saturated rings. The second kappa shape index (κ2) is 7.25. The van der Waals surface area contributed by atoms with Gasteiger partial charge in [0.15, 0.2) is 5.58 Å². The van der Waals surface area contributed by atoms with Crippen molar-refractivity contribution < 1.29 is 13.6 Å². The van der Waals surface area contributed by atoms with E-state index in [0.717, 1.165) is 33.2 Å². The Morgan fingerprint density at radius 3 is 2.72 bits per heavy atom. The molecule has 144 valence electrons. The van der Waals surface area contributed by atoms with Crippen molar-refractivity contribution in [2.24, 2.45) is 0 Å². The highest BCUT2D eigenvalue weighted by molar-refractivity contribution is 8.00. The van der Waals surface area contributed by atoms with Crippen LogP contribution in [0.3, 0.4) is 0 Å². The van der Waals surface area contributed by atoms with E-state index >= 15 is 0 Å². The maximum absolute atomic E-state index is 12.5. The predicted molar refractivity (Wildman–Crippen MR) is 113 cm³/mol. The van der Waals surface area contributed by atoms with Gasteiger partial charge in [0.2, 0.25) is 5.91 Å². The number of benzene rings is 2. The molecule has 1 atom stereocenters. The molecule has 1 amide bonds. The van der Waals surface area contributed by atoms with E-state index in [0.29, 0.717) is 10.6 Å². The van der Waals surface area contributed by atoms with Crippen LogP contribution in [-0.4, -0.2) is 21.6 Å². The maximum atomic E-state index is 12.5. The first kappa shape index (κ1) is 17.8. The summed E-state index contributed by atoms with van der Waals surface area (Å²) in [6.45, 7) is 1.91. The van der Waals surface area contributed by atoms with E-state index in [1.807, 2.05) is 61.5 Å². The van der Waals surface area contributed by atoms with Crippen LogP contribution in [0.25, 0.3) is 33.0 Å². The zero-order valence-electron chi connectivity index (χ0n) is 15.6. The lowest BCUT2D eigenvalue weighted by molar-refractivity contribution is -0.119. The number of nitrogens with one attached hydrogen (secondary N) is 1. The second-order valence-corrected chi connectivity index (χ2v) is 7.68. The number of para-hydroxylation sites is 2. The van der Waals surface area contributed by atoms with E-state index in [9.17, 15) is 4.79 Å². The molecule has 6 nitrogen and oxygen atoms in total. The van der Waals surface area contributed by atoms with Crippen molar-refractivity contribution in [2.75, 3.05) is 5.75 Å². The molecule has 2 aromatic carbocycles. The SMILES string of the molecule is C[C@@H](NC(=O)CSc1ncnc2c1oc1ccccc12)c1cc2ccccc2o1. The fraction of sp³-hybridized carbons (Fsp3) is 0.136. The van der Waals surface area contributed by atoms with Crippen LogP contribution in [0.5, 0.6) is 0 Å². The van der Waals surface area contributed by atoms with Gasteiger partial charge < -0.3 is 14.2 Å². The summed E-state index contributed by atoms with van der Waals surface area (Å²) in [6, 6.07) is 17.2. The average molecular weight is 403 g/mol. The molecular formula is C22H17N3O3S. The average Bonchev–Trinajstić information content (AvgIpc) is 3.34. The van der Waals surface area contributed by atoms with E-state index < -0.39 is 0 Å². The normalized spacial score (nSPS) is 12.6. The summed E-state index contributed by atoms with van der Waals surface area (Å²) in [6.07, 6.45) is 1.50. The van der Waals surface area contributed by atoms with Crippen molar-refractivity contribution in [1.82, 2.24) is 15.3 Å². The number of nitrogens with zero attached hydrogens (tertiary/aromatic N) is 2. The van der Waals surface area contributed by atoms with Crippen molar-refractivity contribution >= 4 is 50.7 Å². The topological polar surface area (TPSA) is 81.2 Å². The third-order valence-electron chi connectivity index (χ3n) is 4.71. The molecule has 0 aliphatic carbocycles. The lowest BCUT2D eigenvalue weighted by atomic mass is 10.2. The van der Waals surface area contributed by atoms with Crippen LogP contribution in [0.2, 0.25) is 0 Å². The number of rotatable bonds is 5. The van der Waals surface area contributed by atoms with E-state index in [1.165, 1.54) is 18.1 Å². The highest BCUT2D eigenvalue weighted by Gasteiger charge is 2.17. The van der Waals surface area contributed by atoms with Crippen LogP contribution in [0, 0.1) is 0 Å². The fourth-order valence-electron chi connectivity index (χ4n) is 3.31. The molecule has 1 N–H and O–H groups in total. The Morgan fingerprint density at radius 2 is 1.86 bits per heavy atom. The molecule has 0 saturated carbocycles. The minimum atomic E-state index is -0.230. The van der Waals surface area contributed by atoms with Gasteiger partial charge in [-0.2, -0.15) is 0 Å². The van der Waals surface area contributed by atoms with E-state index in [1.54, 1.807) is 0 Å². The van der Waals surface area contributed by atoms with Gasteiger partial charge in [0, 0.05) is 10.8 Å². The van der Waals surface area contributed by atoms with Gasteiger partial charge in [-0.05, 0) is 31.2 Å². The molecule has 7 heteroatoms. The van der Waals surface area contributed by atoms with Gasteiger partial charge in [-0.25, -0.2) is 9.97 Å². The fourth-order valence-corrected chi connectivity index (χ4v) is 4.05. The maximum Gasteiger partial charge on any atom is 0.231 e. The molecule has 3 heterocycles. The van der Waals surface area contributed by atoms with Crippen LogP contribution in [0.4, 0.5) is 0 Å². The summed E-state index contributed by atoms with van der Waals surface area (Å²) in [7, 11) is 0. The molecule has 0 saturated heterocycles. The van der Waals surface area contributed by atoms with Gasteiger partial charge in [-0.15, -0.1) is 0 Å². The number of hydrogen-bond donors (Lipinski definition) is 1. The van der Waals surface area contributed by atoms with Crippen LogP contribution in [0.1, 0.15) is 18.7 Å². The summed E-state index contributed by atoms with van der Waals surface area (Å²) in [5.74, 6) is 0.838. The van der Waals surface area contributed by atoms with Gasteiger partial charge >= 0.3 is 0 Å². The Bertz CT molecular complexity index is 1310. The quantitative estimate of drug-likeness (QED) is 0.325. The third kappa shape index (κ3) is 3.34. The highest BCUT2D eigenvalue weighted by Crippen LogP contribution is 2.32. The molecule has 0 unspecified atom stereocenters. The molecule has 0 radical (unpaired) electrons. The summed E-state index contributed by atoms with van der Waals surface area (Å²) in [5, 5.41) is 5.58. The highest BCUT2D eigenvalue weighted by atomic mass is 32.2. The van der Waals surface area contributed by atoms with Crippen molar-refractivity contribution in [1.29, 1.82) is 0 Å². The first-order valence-corrected chi connectivity index (χ1v) is 10.2. The van der Waals surface area contributed by atoms with Crippen molar-refractivity contribution in [3.05, 3.63) is 66.7 Å². The lowest BCUT2D eigenvalue weighted by Gasteiger charge is -2.11. The van der Waals surface area contributed by atoms with E-state index in [-0.39, 0.29) is 17.7 Å². The molecule has 5 aromatic rings. The van der Waals surface area contributed by atoms with Crippen LogP contribution < -0.4 is 5.32 Å². The van der Waals surface area contributed by atoms with Crippen molar-refractivity contribution in [2.45, 2.75) is 18.0 Å². The molecule has 0 bridgehead atoms.